The third-order valence-corrected chi connectivity index (χ3v) is 5.90. The first-order chi connectivity index (χ1) is 15.5. The summed E-state index contributed by atoms with van der Waals surface area (Å²) in [7, 11) is 1.57. The Morgan fingerprint density at radius 1 is 0.844 bits per heavy atom. The number of benzene rings is 2. The Balaban J connectivity index is 1.31. The molecule has 4 rings (SSSR count). The molecule has 0 N–H and O–H groups in total. The van der Waals surface area contributed by atoms with Gasteiger partial charge in [-0.05, 0) is 42.8 Å². The summed E-state index contributed by atoms with van der Waals surface area (Å²) in [6.45, 7) is 2.00. The lowest BCUT2D eigenvalue weighted by Crippen LogP contribution is -2.39. The van der Waals surface area contributed by atoms with E-state index in [1.165, 1.54) is 0 Å². The number of rotatable bonds is 5. The van der Waals surface area contributed by atoms with Crippen molar-refractivity contribution in [2.45, 2.75) is 12.8 Å². The Hall–Kier alpha value is -3.68. The minimum Gasteiger partial charge on any atom is -0.497 e. The summed E-state index contributed by atoms with van der Waals surface area (Å²) in [5.74, 6) is -0.225. The van der Waals surface area contributed by atoms with Gasteiger partial charge in [-0.25, -0.2) is 0 Å². The van der Waals surface area contributed by atoms with Crippen molar-refractivity contribution in [3.8, 4) is 5.75 Å². The average Bonchev–Trinajstić information content (AvgIpc) is 2.98. The van der Waals surface area contributed by atoms with Crippen LogP contribution in [-0.4, -0.2) is 78.2 Å². The average molecular weight is 435 g/mol. The van der Waals surface area contributed by atoms with Crippen LogP contribution in [0.1, 0.15) is 43.9 Å². The van der Waals surface area contributed by atoms with Crippen LogP contribution in [0.15, 0.2) is 48.5 Å². The van der Waals surface area contributed by atoms with Gasteiger partial charge in [0.05, 0.1) is 18.2 Å². The maximum atomic E-state index is 12.8. The number of amides is 4. The number of ether oxygens (including phenoxy) is 1. The standard InChI is InChI=1S/C24H25N3O5/c1-32-18-9-7-17(8-10-18)22(29)26-13-4-12-25(15-16-26)21(28)11-14-27-23(30)19-5-2-3-6-20(19)24(27)31/h2-3,5-10H,4,11-16H2,1H3. The zero-order chi connectivity index (χ0) is 22.7. The highest BCUT2D eigenvalue weighted by molar-refractivity contribution is 6.21. The molecule has 0 radical (unpaired) electrons. The van der Waals surface area contributed by atoms with Crippen molar-refractivity contribution < 1.29 is 23.9 Å². The number of hydrogen-bond donors (Lipinski definition) is 0. The molecule has 4 amide bonds. The highest BCUT2D eigenvalue weighted by atomic mass is 16.5. The van der Waals surface area contributed by atoms with Crippen LogP contribution in [0.3, 0.4) is 0 Å². The number of carbonyl (C=O) groups is 4. The van der Waals surface area contributed by atoms with Gasteiger partial charge in [0, 0.05) is 44.7 Å². The predicted octanol–water partition coefficient (Wildman–Crippen LogP) is 2.06. The Labute approximate surface area is 186 Å². The Bertz CT molecular complexity index is 1010. The number of hydrogen-bond acceptors (Lipinski definition) is 5. The van der Waals surface area contributed by atoms with E-state index in [4.69, 9.17) is 4.74 Å². The second kappa shape index (κ2) is 9.21. The van der Waals surface area contributed by atoms with Crippen LogP contribution in [0, 0.1) is 0 Å². The fourth-order valence-electron chi connectivity index (χ4n) is 4.09. The fraction of sp³-hybridized carbons (Fsp3) is 0.333. The summed E-state index contributed by atoms with van der Waals surface area (Å²) in [5, 5.41) is 0. The molecule has 8 nitrogen and oxygen atoms in total. The molecular formula is C24H25N3O5. The van der Waals surface area contributed by atoms with Crippen LogP contribution >= 0.6 is 0 Å². The van der Waals surface area contributed by atoms with Crippen LogP contribution in [0.5, 0.6) is 5.75 Å². The van der Waals surface area contributed by atoms with Gasteiger partial charge in [0.2, 0.25) is 5.91 Å². The van der Waals surface area contributed by atoms with Gasteiger partial charge in [-0.15, -0.1) is 0 Å². The third kappa shape index (κ3) is 4.21. The minimum atomic E-state index is -0.356. The molecule has 0 aliphatic carbocycles. The molecule has 8 heteroatoms. The Kier molecular flexibility index (Phi) is 6.20. The summed E-state index contributed by atoms with van der Waals surface area (Å²) in [6.07, 6.45) is 0.735. The van der Waals surface area contributed by atoms with Crippen molar-refractivity contribution in [2.75, 3.05) is 39.8 Å². The van der Waals surface area contributed by atoms with Crippen molar-refractivity contribution in [2.24, 2.45) is 0 Å². The first kappa shape index (κ1) is 21.5. The summed E-state index contributed by atoms with van der Waals surface area (Å²) < 4.78 is 5.13. The lowest BCUT2D eigenvalue weighted by atomic mass is 10.1. The number of methoxy groups -OCH3 is 1. The predicted molar refractivity (Wildman–Crippen MR) is 117 cm³/mol. The van der Waals surface area contributed by atoms with Gasteiger partial charge < -0.3 is 14.5 Å². The molecule has 2 aliphatic rings. The van der Waals surface area contributed by atoms with E-state index in [0.717, 1.165) is 4.90 Å². The summed E-state index contributed by atoms with van der Waals surface area (Å²) in [4.78, 5) is 55.1. The van der Waals surface area contributed by atoms with E-state index >= 15 is 0 Å². The number of imide groups is 1. The molecule has 32 heavy (non-hydrogen) atoms. The van der Waals surface area contributed by atoms with Crippen LogP contribution in [0.2, 0.25) is 0 Å². The number of carbonyl (C=O) groups excluding carboxylic acids is 4. The molecule has 0 spiro atoms. The van der Waals surface area contributed by atoms with Gasteiger partial charge in [0.15, 0.2) is 0 Å². The molecule has 0 atom stereocenters. The highest BCUT2D eigenvalue weighted by Crippen LogP contribution is 2.22. The molecule has 2 aliphatic heterocycles. The lowest BCUT2D eigenvalue weighted by Gasteiger charge is -2.23. The van der Waals surface area contributed by atoms with Crippen molar-refractivity contribution in [3.63, 3.8) is 0 Å². The van der Waals surface area contributed by atoms with Gasteiger partial charge in [-0.1, -0.05) is 12.1 Å². The van der Waals surface area contributed by atoms with E-state index in [1.807, 2.05) is 0 Å². The lowest BCUT2D eigenvalue weighted by molar-refractivity contribution is -0.131. The van der Waals surface area contributed by atoms with Gasteiger partial charge in [0.1, 0.15) is 5.75 Å². The zero-order valence-corrected chi connectivity index (χ0v) is 18.0. The van der Waals surface area contributed by atoms with Gasteiger partial charge in [-0.2, -0.15) is 0 Å². The van der Waals surface area contributed by atoms with Crippen LogP contribution in [-0.2, 0) is 4.79 Å². The molecule has 0 bridgehead atoms. The van der Waals surface area contributed by atoms with Crippen LogP contribution in [0.4, 0.5) is 0 Å². The largest absolute Gasteiger partial charge is 0.497 e. The molecule has 2 aromatic carbocycles. The highest BCUT2D eigenvalue weighted by Gasteiger charge is 2.35. The molecule has 1 saturated heterocycles. The summed E-state index contributed by atoms with van der Waals surface area (Å²) in [5.41, 5.74) is 1.34. The second-order valence-electron chi connectivity index (χ2n) is 7.81. The van der Waals surface area contributed by atoms with Gasteiger partial charge in [0.25, 0.3) is 17.7 Å². The smallest absolute Gasteiger partial charge is 0.261 e. The topological polar surface area (TPSA) is 87.2 Å². The molecule has 0 aromatic heterocycles. The monoisotopic (exact) mass is 435 g/mol. The maximum Gasteiger partial charge on any atom is 0.261 e. The quantitative estimate of drug-likeness (QED) is 0.671. The van der Waals surface area contributed by atoms with Crippen molar-refractivity contribution in [3.05, 3.63) is 65.2 Å². The first-order valence-corrected chi connectivity index (χ1v) is 10.7. The number of nitrogens with zero attached hydrogens (tertiary/aromatic N) is 3. The zero-order valence-electron chi connectivity index (χ0n) is 18.0. The van der Waals surface area contributed by atoms with E-state index in [1.54, 1.807) is 65.4 Å². The molecule has 2 aromatic rings. The van der Waals surface area contributed by atoms with E-state index < -0.39 is 0 Å². The SMILES string of the molecule is COc1ccc(C(=O)N2CCCN(C(=O)CCN3C(=O)c4ccccc4C3=O)CC2)cc1. The summed E-state index contributed by atoms with van der Waals surface area (Å²) >= 11 is 0. The van der Waals surface area contributed by atoms with Gasteiger partial charge in [-0.3, -0.25) is 24.1 Å². The first-order valence-electron chi connectivity index (χ1n) is 10.7. The van der Waals surface area contributed by atoms with E-state index in [-0.39, 0.29) is 36.6 Å². The van der Waals surface area contributed by atoms with Gasteiger partial charge >= 0.3 is 0 Å². The molecule has 2 heterocycles. The second-order valence-corrected chi connectivity index (χ2v) is 7.81. The van der Waals surface area contributed by atoms with E-state index in [2.05, 4.69) is 0 Å². The molecule has 166 valence electrons. The normalized spacial score (nSPS) is 16.1. The van der Waals surface area contributed by atoms with Crippen LogP contribution < -0.4 is 4.74 Å². The Morgan fingerprint density at radius 3 is 2.06 bits per heavy atom. The fourth-order valence-corrected chi connectivity index (χ4v) is 4.09. The minimum absolute atomic E-state index is 0.0518. The van der Waals surface area contributed by atoms with Crippen molar-refractivity contribution >= 4 is 23.6 Å². The van der Waals surface area contributed by atoms with Crippen molar-refractivity contribution in [1.82, 2.24) is 14.7 Å². The van der Waals surface area contributed by atoms with E-state index in [9.17, 15) is 19.2 Å². The molecule has 0 saturated carbocycles. The molecular weight excluding hydrogens is 410 g/mol. The molecule has 0 unspecified atom stereocenters. The van der Waals surface area contributed by atoms with Crippen LogP contribution in [0.25, 0.3) is 0 Å². The third-order valence-electron chi connectivity index (χ3n) is 5.90. The number of fused-ring (bicyclic) bond motifs is 1. The molecule has 1 fully saturated rings. The Morgan fingerprint density at radius 2 is 1.44 bits per heavy atom. The van der Waals surface area contributed by atoms with E-state index in [0.29, 0.717) is 55.0 Å². The van der Waals surface area contributed by atoms with Crippen molar-refractivity contribution in [1.29, 1.82) is 0 Å². The summed E-state index contributed by atoms with van der Waals surface area (Å²) in [6, 6.07) is 13.7. The maximum absolute atomic E-state index is 12.8.